The molecule has 6 rings (SSSR count). The van der Waals surface area contributed by atoms with E-state index in [0.29, 0.717) is 0 Å². The molecule has 38 heavy (non-hydrogen) atoms. The highest BCUT2D eigenvalue weighted by atomic mass is 32.1. The Hall–Kier alpha value is -4.20. The van der Waals surface area contributed by atoms with Gasteiger partial charge in [0.2, 0.25) is 0 Å². The van der Waals surface area contributed by atoms with E-state index in [1.165, 1.54) is 64.3 Å². The maximum atomic E-state index is 4.12. The van der Waals surface area contributed by atoms with Crippen molar-refractivity contribution in [2.75, 3.05) is 0 Å². The zero-order valence-corrected chi connectivity index (χ0v) is 22.7. The third-order valence-corrected chi connectivity index (χ3v) is 8.79. The zero-order chi connectivity index (χ0) is 26.2. The average Bonchev–Trinajstić information content (AvgIpc) is 3.33. The quantitative estimate of drug-likeness (QED) is 0.197. The molecule has 0 atom stereocenters. The second kappa shape index (κ2) is 9.93. The summed E-state index contributed by atoms with van der Waals surface area (Å²) in [5, 5.41) is 6.28. The average molecular weight is 507 g/mol. The normalized spacial score (nSPS) is 11.6. The largest absolute Gasteiger partial charge is 0.135 e. The summed E-state index contributed by atoms with van der Waals surface area (Å²) in [5.74, 6) is 0. The van der Waals surface area contributed by atoms with Gasteiger partial charge in [-0.15, -0.1) is 11.3 Å². The molecule has 0 spiro atoms. The van der Waals surface area contributed by atoms with E-state index in [-0.39, 0.29) is 0 Å². The SMILES string of the molecule is C=Cc1c(C=C)c2ccc(-c3cccc(-c4cccc5c(CC)c(/C=C\C)sc45)c3)cc2c2ccccc12. The summed E-state index contributed by atoms with van der Waals surface area (Å²) >= 11 is 1.90. The van der Waals surface area contributed by atoms with Crippen LogP contribution in [0.5, 0.6) is 0 Å². The molecule has 184 valence electrons. The maximum Gasteiger partial charge on any atom is 0.0430 e. The Bertz CT molecular complexity index is 1890. The molecule has 0 aliphatic heterocycles. The molecule has 0 amide bonds. The van der Waals surface area contributed by atoms with Crippen LogP contribution < -0.4 is 0 Å². The van der Waals surface area contributed by atoms with Crippen LogP contribution >= 0.6 is 11.3 Å². The van der Waals surface area contributed by atoms with Gasteiger partial charge in [-0.25, -0.2) is 0 Å². The molecule has 1 heterocycles. The molecule has 0 aliphatic rings. The van der Waals surface area contributed by atoms with Crippen molar-refractivity contribution in [3.63, 3.8) is 0 Å². The first-order chi connectivity index (χ1) is 18.7. The lowest BCUT2D eigenvalue weighted by Crippen LogP contribution is -1.90. The lowest BCUT2D eigenvalue weighted by Gasteiger charge is -2.14. The van der Waals surface area contributed by atoms with E-state index in [1.54, 1.807) is 0 Å². The molecule has 0 saturated heterocycles. The molecule has 1 aromatic heterocycles. The summed E-state index contributed by atoms with van der Waals surface area (Å²) in [5.41, 5.74) is 8.72. The Morgan fingerprint density at radius 1 is 0.658 bits per heavy atom. The Balaban J connectivity index is 1.55. The van der Waals surface area contributed by atoms with Crippen LogP contribution in [0.4, 0.5) is 0 Å². The molecule has 0 fully saturated rings. The number of fused-ring (bicyclic) bond motifs is 4. The number of rotatable bonds is 6. The van der Waals surface area contributed by atoms with Crippen molar-refractivity contribution in [2.45, 2.75) is 20.3 Å². The third kappa shape index (κ3) is 3.83. The van der Waals surface area contributed by atoms with Crippen molar-refractivity contribution < 1.29 is 0 Å². The van der Waals surface area contributed by atoms with Crippen LogP contribution in [0.1, 0.15) is 35.4 Å². The summed E-state index contributed by atoms with van der Waals surface area (Å²) in [7, 11) is 0. The molecular formula is C37H30S. The third-order valence-electron chi connectivity index (χ3n) is 7.54. The van der Waals surface area contributed by atoms with Crippen LogP contribution in [0.3, 0.4) is 0 Å². The highest BCUT2D eigenvalue weighted by molar-refractivity contribution is 7.20. The van der Waals surface area contributed by atoms with Crippen LogP contribution in [0.25, 0.3) is 72.1 Å². The number of aryl methyl sites for hydroxylation is 1. The van der Waals surface area contributed by atoms with Gasteiger partial charge in [-0.05, 0) is 97.4 Å². The fourth-order valence-corrected chi connectivity index (χ4v) is 7.20. The minimum atomic E-state index is 1.04. The molecule has 6 aromatic rings. The summed E-state index contributed by atoms with van der Waals surface area (Å²) in [4.78, 5) is 1.37. The minimum absolute atomic E-state index is 1.04. The topological polar surface area (TPSA) is 0 Å². The first-order valence-corrected chi connectivity index (χ1v) is 14.0. The Morgan fingerprint density at radius 2 is 1.32 bits per heavy atom. The molecule has 0 nitrogen and oxygen atoms in total. The summed E-state index contributed by atoms with van der Waals surface area (Å²) in [6, 6.07) is 31.1. The lowest BCUT2D eigenvalue weighted by atomic mass is 9.89. The molecule has 0 radical (unpaired) electrons. The van der Waals surface area contributed by atoms with Gasteiger partial charge in [0, 0.05) is 9.58 Å². The van der Waals surface area contributed by atoms with Gasteiger partial charge < -0.3 is 0 Å². The number of hydrogen-bond acceptors (Lipinski definition) is 1. The van der Waals surface area contributed by atoms with E-state index < -0.39 is 0 Å². The van der Waals surface area contributed by atoms with E-state index in [1.807, 2.05) is 23.5 Å². The van der Waals surface area contributed by atoms with Crippen LogP contribution in [0, 0.1) is 0 Å². The molecule has 5 aromatic carbocycles. The minimum Gasteiger partial charge on any atom is -0.135 e. The number of allylic oxidation sites excluding steroid dienone is 1. The standard InChI is InChI=1S/C37H30S/c1-5-13-36-29(8-4)34-19-12-18-30(37(34)38-36)26-15-11-14-24(22-26)25-20-21-33-28(7-3)27(6-2)31-16-9-10-17-32(31)35(33)23-25/h5-7,9-23H,2-3,8H2,1,4H3/b13-5-. The second-order valence-electron chi connectivity index (χ2n) is 9.60. The number of benzene rings is 5. The molecular weight excluding hydrogens is 476 g/mol. The van der Waals surface area contributed by atoms with Gasteiger partial charge in [-0.2, -0.15) is 0 Å². The predicted octanol–water partition coefficient (Wildman–Crippen LogP) is 11.4. The Morgan fingerprint density at radius 3 is 2.05 bits per heavy atom. The van der Waals surface area contributed by atoms with Gasteiger partial charge in [-0.1, -0.05) is 111 Å². The van der Waals surface area contributed by atoms with Gasteiger partial charge in [0.05, 0.1) is 0 Å². The second-order valence-corrected chi connectivity index (χ2v) is 10.7. The molecule has 0 saturated carbocycles. The Kier molecular flexibility index (Phi) is 6.31. The van der Waals surface area contributed by atoms with E-state index in [2.05, 4.69) is 124 Å². The van der Waals surface area contributed by atoms with E-state index in [4.69, 9.17) is 0 Å². The van der Waals surface area contributed by atoms with Gasteiger partial charge >= 0.3 is 0 Å². The zero-order valence-electron chi connectivity index (χ0n) is 21.9. The number of hydrogen-bond donors (Lipinski definition) is 0. The van der Waals surface area contributed by atoms with Gasteiger partial charge in [-0.3, -0.25) is 0 Å². The Labute approximate surface area is 228 Å². The van der Waals surface area contributed by atoms with Crippen LogP contribution in [-0.4, -0.2) is 0 Å². The van der Waals surface area contributed by atoms with E-state index in [0.717, 1.165) is 17.5 Å². The van der Waals surface area contributed by atoms with Crippen molar-refractivity contribution in [1.82, 2.24) is 0 Å². The fraction of sp³-hybridized carbons (Fsp3) is 0.0811. The smallest absolute Gasteiger partial charge is 0.0430 e. The van der Waals surface area contributed by atoms with Gasteiger partial charge in [0.25, 0.3) is 0 Å². The van der Waals surface area contributed by atoms with Crippen LogP contribution in [-0.2, 0) is 6.42 Å². The van der Waals surface area contributed by atoms with Gasteiger partial charge in [0.15, 0.2) is 0 Å². The molecule has 0 aliphatic carbocycles. The molecule has 1 heteroatoms. The van der Waals surface area contributed by atoms with Crippen LogP contribution in [0.15, 0.2) is 104 Å². The summed E-state index contributed by atoms with van der Waals surface area (Å²) in [6.45, 7) is 12.6. The monoisotopic (exact) mass is 506 g/mol. The summed E-state index contributed by atoms with van der Waals surface area (Å²) < 4.78 is 1.37. The van der Waals surface area contributed by atoms with Gasteiger partial charge in [0.1, 0.15) is 0 Å². The predicted molar refractivity (Wildman–Crippen MR) is 172 cm³/mol. The molecule has 0 bridgehead atoms. The first kappa shape index (κ1) is 24.2. The number of thiophene rings is 1. The summed E-state index contributed by atoms with van der Waals surface area (Å²) in [6.07, 6.45) is 9.34. The van der Waals surface area contributed by atoms with Crippen molar-refractivity contribution in [2.24, 2.45) is 0 Å². The van der Waals surface area contributed by atoms with E-state index in [9.17, 15) is 0 Å². The van der Waals surface area contributed by atoms with Crippen molar-refractivity contribution in [3.8, 4) is 22.3 Å². The van der Waals surface area contributed by atoms with E-state index >= 15 is 0 Å². The molecule has 0 N–H and O–H groups in total. The maximum absolute atomic E-state index is 4.12. The van der Waals surface area contributed by atoms with Crippen molar-refractivity contribution >= 4 is 61.2 Å². The molecule has 0 unspecified atom stereocenters. The first-order valence-electron chi connectivity index (χ1n) is 13.2. The lowest BCUT2D eigenvalue weighted by molar-refractivity contribution is 1.17. The fourth-order valence-electron chi connectivity index (χ4n) is 5.80. The highest BCUT2D eigenvalue weighted by Gasteiger charge is 2.15. The van der Waals surface area contributed by atoms with Crippen molar-refractivity contribution in [1.29, 1.82) is 0 Å². The van der Waals surface area contributed by atoms with Crippen molar-refractivity contribution in [3.05, 3.63) is 126 Å². The highest BCUT2D eigenvalue weighted by Crippen LogP contribution is 2.41. The van der Waals surface area contributed by atoms with Crippen LogP contribution in [0.2, 0.25) is 0 Å².